The first-order valence-corrected chi connectivity index (χ1v) is 8.27. The van der Waals surface area contributed by atoms with E-state index >= 15 is 0 Å². The molecule has 128 valence electrons. The van der Waals surface area contributed by atoms with Gasteiger partial charge in [-0.3, -0.25) is 4.79 Å². The molecule has 0 fully saturated rings. The predicted molar refractivity (Wildman–Crippen MR) is 95.7 cm³/mol. The molecule has 0 bridgehead atoms. The van der Waals surface area contributed by atoms with Gasteiger partial charge in [0.2, 0.25) is 0 Å². The Morgan fingerprint density at radius 1 is 1.04 bits per heavy atom. The fourth-order valence-corrected chi connectivity index (χ4v) is 2.25. The van der Waals surface area contributed by atoms with Crippen LogP contribution in [0.3, 0.4) is 0 Å². The molecule has 0 saturated carbocycles. The second-order valence-electron chi connectivity index (χ2n) is 5.68. The van der Waals surface area contributed by atoms with Gasteiger partial charge < -0.3 is 14.8 Å². The zero-order chi connectivity index (χ0) is 17.4. The summed E-state index contributed by atoms with van der Waals surface area (Å²) in [6.45, 7) is 7.07. The third kappa shape index (κ3) is 5.30. The van der Waals surface area contributed by atoms with Crippen LogP contribution < -0.4 is 14.8 Å². The first-order chi connectivity index (χ1) is 11.6. The summed E-state index contributed by atoms with van der Waals surface area (Å²) in [6.07, 6.45) is 0.987. The Balaban J connectivity index is 1.66. The normalized spacial score (nSPS) is 10.3. The highest BCUT2D eigenvalue weighted by atomic mass is 16.5. The average Bonchev–Trinajstić information content (AvgIpc) is 2.60. The van der Waals surface area contributed by atoms with Crippen molar-refractivity contribution in [2.24, 2.45) is 0 Å². The van der Waals surface area contributed by atoms with Gasteiger partial charge in [-0.2, -0.15) is 0 Å². The Bertz CT molecular complexity index is 665. The van der Waals surface area contributed by atoms with Crippen LogP contribution in [-0.2, 0) is 11.2 Å². The van der Waals surface area contributed by atoms with Gasteiger partial charge in [-0.15, -0.1) is 0 Å². The van der Waals surface area contributed by atoms with Crippen LogP contribution in [0.2, 0.25) is 0 Å². The topological polar surface area (TPSA) is 47.6 Å². The number of carbonyl (C=O) groups excluding carboxylic acids is 1. The van der Waals surface area contributed by atoms with Crippen molar-refractivity contribution in [3.05, 3.63) is 59.2 Å². The first-order valence-electron chi connectivity index (χ1n) is 8.27. The third-order valence-electron chi connectivity index (χ3n) is 3.94. The van der Waals surface area contributed by atoms with E-state index in [0.29, 0.717) is 18.9 Å². The van der Waals surface area contributed by atoms with Gasteiger partial charge in [0, 0.05) is 0 Å². The molecule has 0 heterocycles. The van der Waals surface area contributed by atoms with Gasteiger partial charge in [-0.25, -0.2) is 0 Å². The molecule has 2 aromatic carbocycles. The third-order valence-corrected chi connectivity index (χ3v) is 3.94. The second kappa shape index (κ2) is 8.96. The lowest BCUT2D eigenvalue weighted by Gasteiger charge is -2.11. The zero-order valence-corrected chi connectivity index (χ0v) is 14.6. The number of rotatable bonds is 8. The van der Waals surface area contributed by atoms with E-state index in [1.807, 2.05) is 56.3 Å². The molecule has 0 saturated heterocycles. The lowest BCUT2D eigenvalue weighted by Crippen LogP contribution is -2.32. The Labute approximate surface area is 143 Å². The maximum Gasteiger partial charge on any atom is 0.258 e. The summed E-state index contributed by atoms with van der Waals surface area (Å²) in [7, 11) is 0. The van der Waals surface area contributed by atoms with Gasteiger partial charge >= 0.3 is 0 Å². The van der Waals surface area contributed by atoms with E-state index in [0.717, 1.165) is 17.7 Å². The highest BCUT2D eigenvalue weighted by Gasteiger charge is 2.04. The monoisotopic (exact) mass is 327 g/mol. The first kappa shape index (κ1) is 17.9. The zero-order valence-electron chi connectivity index (χ0n) is 14.6. The number of nitrogens with one attached hydrogen (secondary N) is 1. The van der Waals surface area contributed by atoms with Crippen molar-refractivity contribution in [2.75, 3.05) is 19.8 Å². The molecule has 1 N–H and O–H groups in total. The van der Waals surface area contributed by atoms with Crippen molar-refractivity contribution in [1.29, 1.82) is 0 Å². The predicted octanol–water partition coefficient (Wildman–Crippen LogP) is 3.44. The molecule has 4 nitrogen and oxygen atoms in total. The van der Waals surface area contributed by atoms with Gasteiger partial charge in [0.05, 0.1) is 6.54 Å². The molecule has 0 aliphatic heterocycles. The number of hydrogen-bond donors (Lipinski definition) is 1. The van der Waals surface area contributed by atoms with Crippen molar-refractivity contribution in [3.8, 4) is 11.5 Å². The van der Waals surface area contributed by atoms with E-state index in [2.05, 4.69) is 12.2 Å². The smallest absolute Gasteiger partial charge is 0.258 e. The van der Waals surface area contributed by atoms with Crippen molar-refractivity contribution in [2.45, 2.75) is 27.2 Å². The summed E-state index contributed by atoms with van der Waals surface area (Å²) < 4.78 is 11.2. The average molecular weight is 327 g/mol. The Morgan fingerprint density at radius 3 is 2.50 bits per heavy atom. The number of benzene rings is 2. The summed E-state index contributed by atoms with van der Waals surface area (Å²) in [5.74, 6) is 1.41. The molecule has 0 aliphatic carbocycles. The van der Waals surface area contributed by atoms with E-state index in [-0.39, 0.29) is 12.5 Å². The number of ether oxygens (including phenoxy) is 2. The molecule has 0 atom stereocenters. The summed E-state index contributed by atoms with van der Waals surface area (Å²) in [6, 6.07) is 13.7. The molecule has 0 unspecified atom stereocenters. The molecule has 24 heavy (non-hydrogen) atoms. The lowest BCUT2D eigenvalue weighted by atomic mass is 10.1. The van der Waals surface area contributed by atoms with Crippen LogP contribution in [0.5, 0.6) is 11.5 Å². The maximum absolute atomic E-state index is 11.8. The largest absolute Gasteiger partial charge is 0.491 e. The van der Waals surface area contributed by atoms with Gasteiger partial charge in [-0.1, -0.05) is 31.2 Å². The molecule has 0 aliphatic rings. The SMILES string of the molecule is CCc1ccc(OCC(=O)NCCOc2cccc(C)c2C)cc1. The van der Waals surface area contributed by atoms with Gasteiger partial charge in [-0.05, 0) is 55.2 Å². The number of carbonyl (C=O) groups is 1. The van der Waals surface area contributed by atoms with E-state index in [1.54, 1.807) is 0 Å². The summed E-state index contributed by atoms with van der Waals surface area (Å²) in [5, 5.41) is 2.79. The van der Waals surface area contributed by atoms with Crippen LogP contribution in [0.25, 0.3) is 0 Å². The molecular formula is C20H25NO3. The minimum absolute atomic E-state index is 0.00887. The van der Waals surface area contributed by atoms with Crippen molar-refractivity contribution in [1.82, 2.24) is 5.32 Å². The second-order valence-corrected chi connectivity index (χ2v) is 5.68. The molecular weight excluding hydrogens is 302 g/mol. The molecule has 2 aromatic rings. The Hall–Kier alpha value is -2.49. The molecule has 2 rings (SSSR count). The van der Waals surface area contributed by atoms with Gasteiger partial charge in [0.15, 0.2) is 6.61 Å². The van der Waals surface area contributed by atoms with Gasteiger partial charge in [0.25, 0.3) is 5.91 Å². The molecule has 0 radical (unpaired) electrons. The molecule has 4 heteroatoms. The van der Waals surface area contributed by atoms with Crippen LogP contribution in [0.15, 0.2) is 42.5 Å². The minimum atomic E-state index is -0.154. The number of amides is 1. The van der Waals surface area contributed by atoms with Crippen molar-refractivity contribution < 1.29 is 14.3 Å². The van der Waals surface area contributed by atoms with Crippen LogP contribution in [0.1, 0.15) is 23.6 Å². The number of hydrogen-bond acceptors (Lipinski definition) is 3. The van der Waals surface area contributed by atoms with Crippen LogP contribution >= 0.6 is 0 Å². The van der Waals surface area contributed by atoms with E-state index in [9.17, 15) is 4.79 Å². The summed E-state index contributed by atoms with van der Waals surface area (Å²) in [4.78, 5) is 11.8. The molecule has 0 aromatic heterocycles. The molecule has 1 amide bonds. The van der Waals surface area contributed by atoms with Crippen LogP contribution in [-0.4, -0.2) is 25.7 Å². The fraction of sp³-hybridized carbons (Fsp3) is 0.350. The lowest BCUT2D eigenvalue weighted by molar-refractivity contribution is -0.123. The highest BCUT2D eigenvalue weighted by Crippen LogP contribution is 2.20. The van der Waals surface area contributed by atoms with E-state index < -0.39 is 0 Å². The summed E-state index contributed by atoms with van der Waals surface area (Å²) in [5.41, 5.74) is 3.57. The maximum atomic E-state index is 11.8. The van der Waals surface area contributed by atoms with E-state index in [1.165, 1.54) is 11.1 Å². The van der Waals surface area contributed by atoms with Crippen molar-refractivity contribution >= 4 is 5.91 Å². The minimum Gasteiger partial charge on any atom is -0.491 e. The summed E-state index contributed by atoms with van der Waals surface area (Å²) >= 11 is 0. The van der Waals surface area contributed by atoms with Gasteiger partial charge in [0.1, 0.15) is 18.1 Å². The fourth-order valence-electron chi connectivity index (χ4n) is 2.25. The van der Waals surface area contributed by atoms with E-state index in [4.69, 9.17) is 9.47 Å². The quantitative estimate of drug-likeness (QED) is 0.756. The highest BCUT2D eigenvalue weighted by molar-refractivity contribution is 5.77. The van der Waals surface area contributed by atoms with Crippen molar-refractivity contribution in [3.63, 3.8) is 0 Å². The standard InChI is InChI=1S/C20H25NO3/c1-4-17-8-10-18(11-9-17)24-14-20(22)21-12-13-23-19-7-5-6-15(2)16(19)3/h5-11H,4,12-14H2,1-3H3,(H,21,22). The van der Waals surface area contributed by atoms with Crippen LogP contribution in [0, 0.1) is 13.8 Å². The van der Waals surface area contributed by atoms with Crippen LogP contribution in [0.4, 0.5) is 0 Å². The Morgan fingerprint density at radius 2 is 1.79 bits per heavy atom. The molecule has 0 spiro atoms. The Kier molecular flexibility index (Phi) is 6.67. The number of aryl methyl sites for hydroxylation is 2.